The van der Waals surface area contributed by atoms with Gasteiger partial charge in [0, 0.05) is 17.3 Å². The Labute approximate surface area is 132 Å². The monoisotopic (exact) mass is 312 g/mol. The van der Waals surface area contributed by atoms with Crippen LogP contribution >= 0.6 is 11.8 Å². The number of fused-ring (bicyclic) bond motifs is 1. The summed E-state index contributed by atoms with van der Waals surface area (Å²) in [7, 11) is 0. The molecule has 4 nitrogen and oxygen atoms in total. The molecule has 0 amide bonds. The van der Waals surface area contributed by atoms with Crippen LogP contribution in [0.3, 0.4) is 0 Å². The van der Waals surface area contributed by atoms with Gasteiger partial charge >= 0.3 is 5.97 Å². The number of hydrogen-bond donors (Lipinski definition) is 1. The molecule has 0 bridgehead atoms. The van der Waals surface area contributed by atoms with Gasteiger partial charge in [-0.2, -0.15) is 0 Å². The Kier molecular flexibility index (Phi) is 3.90. The molecule has 0 aliphatic heterocycles. The first-order valence-electron chi connectivity index (χ1n) is 6.95. The fourth-order valence-corrected chi connectivity index (χ4v) is 3.32. The maximum atomic E-state index is 10.8. The fraction of sp³-hybridized carbons (Fsp3) is 0.176. The predicted molar refractivity (Wildman–Crippen MR) is 88.9 cm³/mol. The van der Waals surface area contributed by atoms with Crippen LogP contribution < -0.4 is 0 Å². The van der Waals surface area contributed by atoms with E-state index in [1.807, 2.05) is 23.6 Å². The fourth-order valence-electron chi connectivity index (χ4n) is 2.56. The molecule has 2 aromatic carbocycles. The molecule has 0 spiro atoms. The molecule has 5 heteroatoms. The summed E-state index contributed by atoms with van der Waals surface area (Å²) in [5.41, 5.74) is 3.24. The Morgan fingerprint density at radius 2 is 1.91 bits per heavy atom. The lowest BCUT2D eigenvalue weighted by atomic mass is 10.0. The average Bonchev–Trinajstić information content (AvgIpc) is 2.87. The van der Waals surface area contributed by atoms with Gasteiger partial charge in [-0.1, -0.05) is 42.1 Å². The van der Waals surface area contributed by atoms with Gasteiger partial charge in [-0.05, 0) is 30.9 Å². The van der Waals surface area contributed by atoms with E-state index in [-0.39, 0.29) is 5.75 Å². The second kappa shape index (κ2) is 5.85. The van der Waals surface area contributed by atoms with Crippen LogP contribution in [-0.4, -0.2) is 26.4 Å². The number of benzene rings is 2. The molecular weight excluding hydrogens is 296 g/mol. The number of aromatic nitrogens is 2. The van der Waals surface area contributed by atoms with Gasteiger partial charge in [-0.3, -0.25) is 9.36 Å². The van der Waals surface area contributed by atoms with Gasteiger partial charge in [-0.25, -0.2) is 4.98 Å². The van der Waals surface area contributed by atoms with E-state index in [1.165, 1.54) is 22.7 Å². The third-order valence-corrected chi connectivity index (χ3v) is 4.53. The summed E-state index contributed by atoms with van der Waals surface area (Å²) in [6, 6.07) is 12.4. The Morgan fingerprint density at radius 1 is 1.18 bits per heavy atom. The Balaban J connectivity index is 2.18. The maximum absolute atomic E-state index is 10.8. The van der Waals surface area contributed by atoms with Crippen LogP contribution in [0.2, 0.25) is 0 Å². The third-order valence-electron chi connectivity index (χ3n) is 3.59. The highest BCUT2D eigenvalue weighted by atomic mass is 32.2. The summed E-state index contributed by atoms with van der Waals surface area (Å²) in [4.78, 5) is 15.2. The molecule has 0 unspecified atom stereocenters. The topological polar surface area (TPSA) is 55.1 Å². The standard InChI is InChI=1S/C17H16N2O2S/c1-11-7-8-15(14-6-4-3-5-13(11)14)19-12(2)9-18-17(19)22-10-16(20)21/h3-9H,10H2,1-2H3,(H,20,21). The Hall–Kier alpha value is -2.27. The van der Waals surface area contributed by atoms with Crippen LogP contribution in [0.4, 0.5) is 0 Å². The van der Waals surface area contributed by atoms with Crippen LogP contribution in [0.25, 0.3) is 16.5 Å². The zero-order valence-corrected chi connectivity index (χ0v) is 13.2. The van der Waals surface area contributed by atoms with Crippen molar-refractivity contribution in [2.24, 2.45) is 0 Å². The van der Waals surface area contributed by atoms with Crippen molar-refractivity contribution in [3.63, 3.8) is 0 Å². The molecule has 1 N–H and O–H groups in total. The second-order valence-electron chi connectivity index (χ2n) is 5.15. The maximum Gasteiger partial charge on any atom is 0.313 e. The van der Waals surface area contributed by atoms with Gasteiger partial charge in [0.15, 0.2) is 5.16 Å². The van der Waals surface area contributed by atoms with Crippen molar-refractivity contribution in [1.29, 1.82) is 0 Å². The molecule has 0 saturated heterocycles. The van der Waals surface area contributed by atoms with E-state index in [1.54, 1.807) is 6.20 Å². The number of carbonyl (C=O) groups is 1. The van der Waals surface area contributed by atoms with Crippen LogP contribution in [0.5, 0.6) is 0 Å². The minimum atomic E-state index is -0.842. The van der Waals surface area contributed by atoms with E-state index in [0.717, 1.165) is 16.8 Å². The largest absolute Gasteiger partial charge is 0.481 e. The van der Waals surface area contributed by atoms with Crippen LogP contribution in [0.15, 0.2) is 47.8 Å². The molecular formula is C17H16N2O2S. The highest BCUT2D eigenvalue weighted by Crippen LogP contribution is 2.30. The number of hydrogen-bond acceptors (Lipinski definition) is 3. The molecule has 0 fully saturated rings. The number of aryl methyl sites for hydroxylation is 2. The molecule has 0 saturated carbocycles. The molecule has 1 aromatic heterocycles. The lowest BCUT2D eigenvalue weighted by Gasteiger charge is -2.14. The first kappa shape index (κ1) is 14.7. The lowest BCUT2D eigenvalue weighted by molar-refractivity contribution is -0.133. The van der Waals surface area contributed by atoms with Crippen molar-refractivity contribution in [3.05, 3.63) is 53.9 Å². The average molecular weight is 312 g/mol. The van der Waals surface area contributed by atoms with Crippen molar-refractivity contribution in [2.75, 3.05) is 5.75 Å². The summed E-state index contributed by atoms with van der Waals surface area (Å²) in [5, 5.41) is 11.9. The summed E-state index contributed by atoms with van der Waals surface area (Å²) in [5.74, 6) is -0.841. The molecule has 112 valence electrons. The molecule has 0 radical (unpaired) electrons. The van der Waals surface area contributed by atoms with E-state index >= 15 is 0 Å². The minimum absolute atomic E-state index is 0.000245. The second-order valence-corrected chi connectivity index (χ2v) is 6.09. The molecule has 3 rings (SSSR count). The number of nitrogens with zero attached hydrogens (tertiary/aromatic N) is 2. The van der Waals surface area contributed by atoms with E-state index < -0.39 is 5.97 Å². The van der Waals surface area contributed by atoms with Crippen molar-refractivity contribution in [2.45, 2.75) is 19.0 Å². The third kappa shape index (κ3) is 2.60. The number of imidazole rings is 1. The summed E-state index contributed by atoms with van der Waals surface area (Å²) >= 11 is 1.24. The van der Waals surface area contributed by atoms with Crippen molar-refractivity contribution < 1.29 is 9.90 Å². The number of thioether (sulfide) groups is 1. The molecule has 22 heavy (non-hydrogen) atoms. The molecule has 3 aromatic rings. The zero-order valence-electron chi connectivity index (χ0n) is 12.4. The number of carboxylic acid groups (broad SMARTS) is 1. The van der Waals surface area contributed by atoms with Crippen LogP contribution in [-0.2, 0) is 4.79 Å². The SMILES string of the molecule is Cc1ccc(-n2c(C)cnc2SCC(=O)O)c2ccccc12. The normalized spacial score (nSPS) is 11.0. The van der Waals surface area contributed by atoms with Crippen molar-refractivity contribution >= 4 is 28.5 Å². The van der Waals surface area contributed by atoms with Crippen molar-refractivity contribution in [1.82, 2.24) is 9.55 Å². The quantitative estimate of drug-likeness (QED) is 0.744. The number of rotatable bonds is 4. The van der Waals surface area contributed by atoms with E-state index in [9.17, 15) is 4.79 Å². The molecule has 0 aliphatic rings. The van der Waals surface area contributed by atoms with Gasteiger partial charge in [-0.15, -0.1) is 0 Å². The van der Waals surface area contributed by atoms with Gasteiger partial charge < -0.3 is 5.11 Å². The highest BCUT2D eigenvalue weighted by molar-refractivity contribution is 7.99. The lowest BCUT2D eigenvalue weighted by Crippen LogP contribution is -2.03. The first-order valence-corrected chi connectivity index (χ1v) is 7.94. The van der Waals surface area contributed by atoms with E-state index in [4.69, 9.17) is 5.11 Å². The summed E-state index contributed by atoms with van der Waals surface area (Å²) in [6.07, 6.45) is 1.78. The smallest absolute Gasteiger partial charge is 0.313 e. The molecule has 0 aliphatic carbocycles. The van der Waals surface area contributed by atoms with E-state index in [2.05, 4.69) is 36.2 Å². The number of carboxylic acids is 1. The van der Waals surface area contributed by atoms with Gasteiger partial charge in [0.2, 0.25) is 0 Å². The van der Waals surface area contributed by atoms with Crippen molar-refractivity contribution in [3.8, 4) is 5.69 Å². The first-order chi connectivity index (χ1) is 10.6. The predicted octanol–water partition coefficient (Wildman–Crippen LogP) is 3.82. The van der Waals surface area contributed by atoms with E-state index in [0.29, 0.717) is 5.16 Å². The Bertz CT molecular complexity index is 855. The minimum Gasteiger partial charge on any atom is -0.481 e. The van der Waals surface area contributed by atoms with Gasteiger partial charge in [0.05, 0.1) is 11.4 Å². The number of aliphatic carboxylic acids is 1. The Morgan fingerprint density at radius 3 is 2.64 bits per heavy atom. The van der Waals surface area contributed by atoms with Gasteiger partial charge in [0.1, 0.15) is 0 Å². The molecule has 0 atom stereocenters. The summed E-state index contributed by atoms with van der Waals surface area (Å²) < 4.78 is 2.02. The molecule has 1 heterocycles. The van der Waals surface area contributed by atoms with Crippen LogP contribution in [0.1, 0.15) is 11.3 Å². The van der Waals surface area contributed by atoms with Gasteiger partial charge in [0.25, 0.3) is 0 Å². The highest BCUT2D eigenvalue weighted by Gasteiger charge is 2.14. The summed E-state index contributed by atoms with van der Waals surface area (Å²) in [6.45, 7) is 4.07. The zero-order chi connectivity index (χ0) is 15.7. The van der Waals surface area contributed by atoms with Crippen LogP contribution in [0, 0.1) is 13.8 Å².